The van der Waals surface area contributed by atoms with Crippen LogP contribution in [0.25, 0.3) is 0 Å². The molecule has 98 valence electrons. The number of nitrogen functional groups attached to an aromatic ring is 1. The van der Waals surface area contributed by atoms with Crippen LogP contribution in [-0.4, -0.2) is 10.9 Å². The third kappa shape index (κ3) is 2.91. The van der Waals surface area contributed by atoms with E-state index in [0.717, 1.165) is 16.7 Å². The molecule has 4 heteroatoms. The Morgan fingerprint density at radius 1 is 1.11 bits per heavy atom. The van der Waals surface area contributed by atoms with Crippen LogP contribution in [0.5, 0.6) is 0 Å². The van der Waals surface area contributed by atoms with E-state index in [1.165, 1.54) is 0 Å². The van der Waals surface area contributed by atoms with Gasteiger partial charge in [-0.1, -0.05) is 0 Å². The van der Waals surface area contributed by atoms with Gasteiger partial charge >= 0.3 is 0 Å². The fourth-order valence-corrected chi connectivity index (χ4v) is 1.82. The third-order valence-electron chi connectivity index (χ3n) is 3.05. The molecule has 0 aliphatic carbocycles. The molecule has 0 saturated carbocycles. The smallest absolute Gasteiger partial charge is 0.257 e. The molecule has 0 bridgehead atoms. The number of hydrogen-bond donors (Lipinski definition) is 2. The van der Waals surface area contributed by atoms with Crippen molar-refractivity contribution in [3.05, 3.63) is 52.8 Å². The maximum absolute atomic E-state index is 12.1. The van der Waals surface area contributed by atoms with Gasteiger partial charge in [0, 0.05) is 12.4 Å². The summed E-state index contributed by atoms with van der Waals surface area (Å²) in [5.74, 6) is -0.203. The number of nitrogens with one attached hydrogen (secondary N) is 1. The molecule has 4 nitrogen and oxygen atoms in total. The van der Waals surface area contributed by atoms with Gasteiger partial charge in [0.2, 0.25) is 0 Å². The molecule has 2 aromatic rings. The molecule has 0 aliphatic rings. The number of nitrogens with two attached hydrogens (primary N) is 1. The van der Waals surface area contributed by atoms with Crippen molar-refractivity contribution in [3.63, 3.8) is 0 Å². The minimum Gasteiger partial charge on any atom is -0.397 e. The maximum atomic E-state index is 12.1. The molecule has 19 heavy (non-hydrogen) atoms. The number of aryl methyl sites for hydroxylation is 3. The molecule has 0 atom stereocenters. The first-order valence-corrected chi connectivity index (χ1v) is 6.07. The first-order valence-electron chi connectivity index (χ1n) is 6.07. The standard InChI is InChI=1S/C15H17N3O/c1-9-4-12(8-17-7-9)15(19)18-14-6-11(3)10(2)5-13(14)16/h4-8H,16H2,1-3H3,(H,18,19). The van der Waals surface area contributed by atoms with Crippen LogP contribution in [0.4, 0.5) is 11.4 Å². The van der Waals surface area contributed by atoms with Crippen LogP contribution in [0, 0.1) is 20.8 Å². The Morgan fingerprint density at radius 3 is 2.47 bits per heavy atom. The number of carbonyl (C=O) groups is 1. The zero-order valence-corrected chi connectivity index (χ0v) is 11.3. The first kappa shape index (κ1) is 13.1. The van der Waals surface area contributed by atoms with Gasteiger partial charge in [-0.15, -0.1) is 0 Å². The van der Waals surface area contributed by atoms with Gasteiger partial charge < -0.3 is 11.1 Å². The van der Waals surface area contributed by atoms with Crippen molar-refractivity contribution in [3.8, 4) is 0 Å². The molecule has 0 saturated heterocycles. The van der Waals surface area contributed by atoms with Gasteiger partial charge in [0.05, 0.1) is 16.9 Å². The van der Waals surface area contributed by atoms with Gasteiger partial charge in [-0.25, -0.2) is 0 Å². The summed E-state index contributed by atoms with van der Waals surface area (Å²) in [6, 6.07) is 5.53. The summed E-state index contributed by atoms with van der Waals surface area (Å²) in [5.41, 5.74) is 10.8. The number of benzene rings is 1. The number of anilines is 2. The fraction of sp³-hybridized carbons (Fsp3) is 0.200. The molecule has 3 N–H and O–H groups in total. The molecule has 0 unspecified atom stereocenters. The second-order valence-corrected chi connectivity index (χ2v) is 4.73. The minimum absolute atomic E-state index is 0.203. The largest absolute Gasteiger partial charge is 0.397 e. The van der Waals surface area contributed by atoms with E-state index >= 15 is 0 Å². The Morgan fingerprint density at radius 2 is 1.79 bits per heavy atom. The molecule has 1 heterocycles. The average Bonchev–Trinajstić information content (AvgIpc) is 2.36. The summed E-state index contributed by atoms with van der Waals surface area (Å²) in [6.45, 7) is 5.87. The molecule has 0 fully saturated rings. The minimum atomic E-state index is -0.203. The van der Waals surface area contributed by atoms with Crippen LogP contribution in [0.15, 0.2) is 30.6 Å². The number of amides is 1. The molecular weight excluding hydrogens is 238 g/mol. The lowest BCUT2D eigenvalue weighted by atomic mass is 10.1. The molecule has 2 rings (SSSR count). The van der Waals surface area contributed by atoms with Gasteiger partial charge in [0.1, 0.15) is 0 Å². The predicted molar refractivity (Wildman–Crippen MR) is 77.3 cm³/mol. The normalized spacial score (nSPS) is 10.3. The van der Waals surface area contributed by atoms with Crippen molar-refractivity contribution in [2.75, 3.05) is 11.1 Å². The second kappa shape index (κ2) is 5.10. The monoisotopic (exact) mass is 255 g/mol. The summed E-state index contributed by atoms with van der Waals surface area (Å²) in [7, 11) is 0. The van der Waals surface area contributed by atoms with Crippen molar-refractivity contribution in [2.24, 2.45) is 0 Å². The highest BCUT2D eigenvalue weighted by Crippen LogP contribution is 2.23. The lowest BCUT2D eigenvalue weighted by Crippen LogP contribution is -2.14. The highest BCUT2D eigenvalue weighted by Gasteiger charge is 2.09. The third-order valence-corrected chi connectivity index (χ3v) is 3.05. The highest BCUT2D eigenvalue weighted by atomic mass is 16.1. The summed E-state index contributed by atoms with van der Waals surface area (Å²) in [5, 5.41) is 2.82. The molecule has 0 aliphatic heterocycles. The van der Waals surface area contributed by atoms with Crippen molar-refractivity contribution in [1.82, 2.24) is 4.98 Å². The highest BCUT2D eigenvalue weighted by molar-refractivity contribution is 6.05. The van der Waals surface area contributed by atoms with E-state index in [-0.39, 0.29) is 5.91 Å². The lowest BCUT2D eigenvalue weighted by molar-refractivity contribution is 0.102. The van der Waals surface area contributed by atoms with Crippen LogP contribution >= 0.6 is 0 Å². The molecule has 0 radical (unpaired) electrons. The zero-order chi connectivity index (χ0) is 14.0. The first-order chi connectivity index (χ1) is 8.97. The molecule has 1 aromatic carbocycles. The number of carbonyl (C=O) groups excluding carboxylic acids is 1. The topological polar surface area (TPSA) is 68.0 Å². The SMILES string of the molecule is Cc1cncc(C(=O)Nc2cc(C)c(C)cc2N)c1. The van der Waals surface area contributed by atoms with E-state index < -0.39 is 0 Å². The van der Waals surface area contributed by atoms with Gasteiger partial charge in [0.25, 0.3) is 5.91 Å². The van der Waals surface area contributed by atoms with Crippen molar-refractivity contribution in [2.45, 2.75) is 20.8 Å². The van der Waals surface area contributed by atoms with Crippen molar-refractivity contribution < 1.29 is 4.79 Å². The summed E-state index contributed by atoms with van der Waals surface area (Å²) in [4.78, 5) is 16.1. The Hall–Kier alpha value is -2.36. The number of hydrogen-bond acceptors (Lipinski definition) is 3. The molecule has 1 aromatic heterocycles. The van der Waals surface area contributed by atoms with E-state index in [2.05, 4.69) is 10.3 Å². The maximum Gasteiger partial charge on any atom is 0.257 e. The molecule has 1 amide bonds. The van der Waals surface area contributed by atoms with Crippen LogP contribution in [0.3, 0.4) is 0 Å². The summed E-state index contributed by atoms with van der Waals surface area (Å²) < 4.78 is 0. The van der Waals surface area contributed by atoms with Crippen LogP contribution < -0.4 is 11.1 Å². The lowest BCUT2D eigenvalue weighted by Gasteiger charge is -2.11. The van der Waals surface area contributed by atoms with Crippen LogP contribution in [0.2, 0.25) is 0 Å². The van der Waals surface area contributed by atoms with Crippen molar-refractivity contribution >= 4 is 17.3 Å². The molecule has 0 spiro atoms. The van der Waals surface area contributed by atoms with E-state index in [1.54, 1.807) is 18.5 Å². The average molecular weight is 255 g/mol. The van der Waals surface area contributed by atoms with Crippen LogP contribution in [0.1, 0.15) is 27.0 Å². The quantitative estimate of drug-likeness (QED) is 0.811. The molecular formula is C15H17N3O. The predicted octanol–water partition coefficient (Wildman–Crippen LogP) is 2.84. The Kier molecular flexibility index (Phi) is 3.51. The number of pyridine rings is 1. The van der Waals surface area contributed by atoms with Crippen molar-refractivity contribution in [1.29, 1.82) is 0 Å². The van der Waals surface area contributed by atoms with Gasteiger partial charge in [-0.2, -0.15) is 0 Å². The van der Waals surface area contributed by atoms with Crippen LogP contribution in [-0.2, 0) is 0 Å². The van der Waals surface area contributed by atoms with E-state index in [1.807, 2.05) is 32.9 Å². The Labute approximate surface area is 112 Å². The Balaban J connectivity index is 2.27. The number of aromatic nitrogens is 1. The van der Waals surface area contributed by atoms with Gasteiger partial charge in [0.15, 0.2) is 0 Å². The van der Waals surface area contributed by atoms with E-state index in [4.69, 9.17) is 5.73 Å². The summed E-state index contributed by atoms with van der Waals surface area (Å²) >= 11 is 0. The number of rotatable bonds is 2. The summed E-state index contributed by atoms with van der Waals surface area (Å²) in [6.07, 6.45) is 3.25. The van der Waals surface area contributed by atoms with E-state index in [0.29, 0.717) is 16.9 Å². The van der Waals surface area contributed by atoms with Gasteiger partial charge in [-0.05, 0) is 55.7 Å². The Bertz CT molecular complexity index is 635. The van der Waals surface area contributed by atoms with Gasteiger partial charge in [-0.3, -0.25) is 9.78 Å². The number of nitrogens with zero attached hydrogens (tertiary/aromatic N) is 1. The fourth-order valence-electron chi connectivity index (χ4n) is 1.82. The van der Waals surface area contributed by atoms with E-state index in [9.17, 15) is 4.79 Å². The zero-order valence-electron chi connectivity index (χ0n) is 11.3. The second-order valence-electron chi connectivity index (χ2n) is 4.73.